The fourth-order valence-electron chi connectivity index (χ4n) is 1.64. The Balaban J connectivity index is 3.26. The number of ether oxygens (including phenoxy) is 1. The molecule has 1 rings (SSSR count). The second-order valence-electron chi connectivity index (χ2n) is 4.03. The Morgan fingerprint density at radius 3 is 1.95 bits per heavy atom. The second-order valence-corrected chi connectivity index (χ2v) is 7.46. The van der Waals surface area contributed by atoms with Crippen molar-refractivity contribution in [2.75, 3.05) is 6.61 Å². The maximum absolute atomic E-state index is 11.8. The minimum atomic E-state index is -5.59. The van der Waals surface area contributed by atoms with Gasteiger partial charge in [0.2, 0.25) is 5.34 Å². The Bertz CT molecular complexity index is 447. The number of rotatable bonds is 4. The van der Waals surface area contributed by atoms with Crippen LogP contribution in [0.3, 0.4) is 0 Å². The molecule has 1 aliphatic rings. The average Bonchev–Trinajstić information content (AvgIpc) is 2.28. The van der Waals surface area contributed by atoms with Crippen LogP contribution in [-0.4, -0.2) is 76.8 Å². The van der Waals surface area contributed by atoms with Crippen molar-refractivity contribution in [1.29, 1.82) is 0 Å². The Morgan fingerprint density at radius 1 is 1.05 bits per heavy atom. The standard InChI is InChI=1S/C6H14O12P2/c7-1-6(19(12,13)18-20(14,15)16)4(10)2(8)3(9)5(11)17-6/h2-5,7-11H,1H2,(H,12,13)(H2,14,15,16)/t2-,3-,4+,5+,6+/m1/s1. The number of phosphoric acid groups is 1. The van der Waals surface area contributed by atoms with Gasteiger partial charge in [-0.05, 0) is 0 Å². The van der Waals surface area contributed by atoms with Crippen LogP contribution in [0.5, 0.6) is 0 Å². The summed E-state index contributed by atoms with van der Waals surface area (Å²) in [6.45, 7) is -1.55. The summed E-state index contributed by atoms with van der Waals surface area (Å²) in [6, 6.07) is 0. The summed E-state index contributed by atoms with van der Waals surface area (Å²) in [7, 11) is -11.1. The molecule has 14 heteroatoms. The molecule has 0 aromatic rings. The van der Waals surface area contributed by atoms with Crippen LogP contribution in [0.15, 0.2) is 0 Å². The molecule has 0 aliphatic carbocycles. The van der Waals surface area contributed by atoms with E-state index in [0.717, 1.165) is 0 Å². The lowest BCUT2D eigenvalue weighted by molar-refractivity contribution is -0.305. The molecule has 120 valence electrons. The fourth-order valence-corrected chi connectivity index (χ4v) is 4.25. The van der Waals surface area contributed by atoms with Gasteiger partial charge in [-0.2, -0.15) is 0 Å². The van der Waals surface area contributed by atoms with Crippen molar-refractivity contribution in [3.63, 3.8) is 0 Å². The van der Waals surface area contributed by atoms with Gasteiger partial charge in [0.25, 0.3) is 0 Å². The first-order valence-electron chi connectivity index (χ1n) is 4.98. The molecule has 0 spiro atoms. The van der Waals surface area contributed by atoms with Crippen molar-refractivity contribution in [3.05, 3.63) is 0 Å². The van der Waals surface area contributed by atoms with E-state index in [9.17, 15) is 34.4 Å². The third-order valence-electron chi connectivity index (χ3n) is 2.67. The first-order chi connectivity index (χ1) is 8.88. The maximum Gasteiger partial charge on any atom is 0.476 e. The summed E-state index contributed by atoms with van der Waals surface area (Å²) in [5, 5.41) is 43.5. The first-order valence-corrected chi connectivity index (χ1v) is 8.09. The lowest BCUT2D eigenvalue weighted by Gasteiger charge is -2.46. The van der Waals surface area contributed by atoms with Crippen LogP contribution in [0.2, 0.25) is 0 Å². The predicted molar refractivity (Wildman–Crippen MR) is 57.9 cm³/mol. The van der Waals surface area contributed by atoms with Crippen LogP contribution in [0.4, 0.5) is 0 Å². The highest BCUT2D eigenvalue weighted by Crippen LogP contribution is 2.67. The zero-order chi connectivity index (χ0) is 15.9. The van der Waals surface area contributed by atoms with Crippen LogP contribution in [0.1, 0.15) is 0 Å². The Kier molecular flexibility index (Phi) is 5.15. The zero-order valence-electron chi connectivity index (χ0n) is 9.62. The van der Waals surface area contributed by atoms with Gasteiger partial charge in [0.05, 0.1) is 6.61 Å². The van der Waals surface area contributed by atoms with Gasteiger partial charge >= 0.3 is 15.4 Å². The molecule has 20 heavy (non-hydrogen) atoms. The molecule has 1 fully saturated rings. The molecule has 0 aromatic carbocycles. The molecule has 0 radical (unpaired) electrons. The molecule has 1 heterocycles. The van der Waals surface area contributed by atoms with E-state index >= 15 is 0 Å². The van der Waals surface area contributed by atoms with E-state index in [0.29, 0.717) is 0 Å². The van der Waals surface area contributed by atoms with Crippen LogP contribution in [-0.2, 0) is 18.2 Å². The van der Waals surface area contributed by atoms with Gasteiger partial charge in [0.1, 0.15) is 18.3 Å². The highest BCUT2D eigenvalue weighted by molar-refractivity contribution is 7.64. The van der Waals surface area contributed by atoms with Crippen LogP contribution in [0, 0.1) is 0 Å². The summed E-state index contributed by atoms with van der Waals surface area (Å²) < 4.78 is 30.4. The van der Waals surface area contributed by atoms with Crippen molar-refractivity contribution in [2.24, 2.45) is 0 Å². The van der Waals surface area contributed by atoms with Gasteiger partial charge < -0.3 is 44.9 Å². The normalized spacial score (nSPS) is 42.2. The molecule has 12 nitrogen and oxygen atoms in total. The smallest absolute Gasteiger partial charge is 0.393 e. The molecular formula is C6H14O12P2. The Hall–Kier alpha value is 0.0600. The topological polar surface area (TPSA) is 214 Å². The average molecular weight is 340 g/mol. The Labute approximate surface area is 111 Å². The van der Waals surface area contributed by atoms with E-state index in [4.69, 9.17) is 14.9 Å². The summed E-state index contributed by atoms with van der Waals surface area (Å²) >= 11 is 0. The molecular weight excluding hydrogens is 326 g/mol. The molecule has 0 aromatic heterocycles. The van der Waals surface area contributed by atoms with Crippen LogP contribution >= 0.6 is 15.4 Å². The quantitative estimate of drug-likeness (QED) is 0.233. The van der Waals surface area contributed by atoms with Crippen LogP contribution in [0.25, 0.3) is 0 Å². The highest BCUT2D eigenvalue weighted by Gasteiger charge is 2.65. The number of aliphatic hydroxyl groups is 5. The summed E-state index contributed by atoms with van der Waals surface area (Å²) in [6.07, 6.45) is -9.12. The van der Waals surface area contributed by atoms with Crippen molar-refractivity contribution >= 4 is 15.4 Å². The van der Waals surface area contributed by atoms with Gasteiger partial charge in [0.15, 0.2) is 6.29 Å². The van der Waals surface area contributed by atoms with E-state index < -0.39 is 52.0 Å². The van der Waals surface area contributed by atoms with Gasteiger partial charge in [-0.1, -0.05) is 0 Å². The lowest BCUT2D eigenvalue weighted by atomic mass is 9.99. The third-order valence-corrected chi connectivity index (χ3v) is 5.88. The molecule has 8 N–H and O–H groups in total. The van der Waals surface area contributed by atoms with Gasteiger partial charge in [-0.15, -0.1) is 0 Å². The molecule has 0 bridgehead atoms. The molecule has 1 unspecified atom stereocenters. The Morgan fingerprint density at radius 2 is 1.55 bits per heavy atom. The third kappa shape index (κ3) is 3.12. The van der Waals surface area contributed by atoms with E-state index in [1.807, 2.05) is 0 Å². The monoisotopic (exact) mass is 340 g/mol. The van der Waals surface area contributed by atoms with Crippen molar-refractivity contribution in [3.8, 4) is 0 Å². The van der Waals surface area contributed by atoms with E-state index in [1.54, 1.807) is 0 Å². The fraction of sp³-hybridized carbons (Fsp3) is 1.00. The summed E-state index contributed by atoms with van der Waals surface area (Å²) in [5.74, 6) is 0. The van der Waals surface area contributed by atoms with Crippen molar-refractivity contribution < 1.29 is 58.4 Å². The second kappa shape index (κ2) is 5.69. The van der Waals surface area contributed by atoms with Crippen LogP contribution < -0.4 is 0 Å². The summed E-state index contributed by atoms with van der Waals surface area (Å²) in [5.41, 5.74) is 0. The minimum absolute atomic E-state index is 1.55. The maximum atomic E-state index is 11.8. The number of hydrogen-bond acceptors (Lipinski definition) is 9. The van der Waals surface area contributed by atoms with E-state index in [-0.39, 0.29) is 0 Å². The largest absolute Gasteiger partial charge is 0.476 e. The molecule has 0 saturated carbocycles. The SMILES string of the molecule is O=P(O)(O)OP(=O)(O)[C@]1(CO)O[C@H](O)[C@H](O)[C@@H](O)[C@@H]1O. The predicted octanol–water partition coefficient (Wildman–Crippen LogP) is -3.60. The van der Waals surface area contributed by atoms with Gasteiger partial charge in [-0.3, -0.25) is 4.57 Å². The minimum Gasteiger partial charge on any atom is -0.393 e. The first kappa shape index (κ1) is 18.1. The molecule has 0 amide bonds. The summed E-state index contributed by atoms with van der Waals surface area (Å²) in [4.78, 5) is 26.6. The molecule has 1 saturated heterocycles. The number of aliphatic hydroxyl groups excluding tert-OH is 5. The number of hydrogen-bond donors (Lipinski definition) is 8. The molecule has 6 atom stereocenters. The van der Waals surface area contributed by atoms with Gasteiger partial charge in [-0.25, -0.2) is 8.88 Å². The van der Waals surface area contributed by atoms with Crippen molar-refractivity contribution in [1.82, 2.24) is 0 Å². The molecule has 1 aliphatic heterocycles. The van der Waals surface area contributed by atoms with Crippen molar-refractivity contribution in [2.45, 2.75) is 29.9 Å². The van der Waals surface area contributed by atoms with E-state index in [2.05, 4.69) is 9.05 Å². The highest BCUT2D eigenvalue weighted by atomic mass is 31.3. The lowest BCUT2D eigenvalue weighted by Crippen LogP contribution is -2.65. The van der Waals surface area contributed by atoms with E-state index in [1.165, 1.54) is 0 Å². The zero-order valence-corrected chi connectivity index (χ0v) is 11.4. The van der Waals surface area contributed by atoms with Gasteiger partial charge in [0, 0.05) is 0 Å².